The fraction of sp³-hybridized carbons (Fsp3) is 0.600. The SMILES string of the molecule is [CH3][Zr]([CH3])(=[SiH2])([CH]1CCC2CC=CC=C21)[CH]1CCC2CC=CC=C21. The molecule has 0 spiro atoms. The van der Waals surface area contributed by atoms with Crippen LogP contribution in [-0.4, -0.2) is 6.88 Å². The molecule has 0 heterocycles. The molecular weight excluding hydrogens is 360 g/mol. The predicted molar refractivity (Wildman–Crippen MR) is 96.9 cm³/mol. The zero-order chi connectivity index (χ0) is 15.4. The first-order valence-electron chi connectivity index (χ1n) is 9.26. The third kappa shape index (κ3) is 2.32. The standard InChI is InChI=1S/2C9H11.2CH3.H2Si.Zr/c2*1-2-5-9-7-3-6-8(9)4-1;;;;/h2*1-2,4,6,9H,3,5,7H2;2*1H3;1H2;. The summed E-state index contributed by atoms with van der Waals surface area (Å²) in [5, 5.41) is 0. The van der Waals surface area contributed by atoms with Crippen LogP contribution in [0.3, 0.4) is 0 Å². The van der Waals surface area contributed by atoms with Crippen molar-refractivity contribution < 1.29 is 17.4 Å². The van der Waals surface area contributed by atoms with Crippen LogP contribution in [0.2, 0.25) is 16.5 Å². The Bertz CT molecular complexity index is 618. The molecule has 0 aromatic rings. The number of fused-ring (bicyclic) bond motifs is 2. The van der Waals surface area contributed by atoms with E-state index in [9.17, 15) is 0 Å². The molecule has 0 nitrogen and oxygen atoms in total. The summed E-state index contributed by atoms with van der Waals surface area (Å²) < 4.78 is 7.56. The first-order valence-corrected chi connectivity index (χ1v) is 22.9. The minimum absolute atomic E-state index is 0.893. The number of hydrogen-bond acceptors (Lipinski definition) is 0. The second-order valence-electron chi connectivity index (χ2n) is 9.25. The van der Waals surface area contributed by atoms with Crippen molar-refractivity contribution >= 4 is 6.88 Å². The van der Waals surface area contributed by atoms with Gasteiger partial charge in [-0.2, -0.15) is 0 Å². The molecule has 0 aromatic heterocycles. The molecule has 118 valence electrons. The molecular formula is C20H30SiZr. The average Bonchev–Trinajstić information content (AvgIpc) is 3.12. The molecule has 0 radical (unpaired) electrons. The van der Waals surface area contributed by atoms with Crippen molar-refractivity contribution in [3.05, 3.63) is 47.6 Å². The van der Waals surface area contributed by atoms with E-state index in [2.05, 4.69) is 52.6 Å². The predicted octanol–water partition coefficient (Wildman–Crippen LogP) is 5.49. The fourth-order valence-electron chi connectivity index (χ4n) is 6.11. The van der Waals surface area contributed by atoms with Crippen LogP contribution in [0.1, 0.15) is 38.5 Å². The molecule has 4 aliphatic carbocycles. The van der Waals surface area contributed by atoms with Crippen molar-refractivity contribution in [2.75, 3.05) is 0 Å². The van der Waals surface area contributed by atoms with E-state index in [0.717, 1.165) is 19.1 Å². The van der Waals surface area contributed by atoms with Gasteiger partial charge in [-0.1, -0.05) is 0 Å². The van der Waals surface area contributed by atoms with Gasteiger partial charge in [0.1, 0.15) is 0 Å². The third-order valence-corrected chi connectivity index (χ3v) is 27.5. The normalized spacial score (nSPS) is 37.6. The molecule has 0 bridgehead atoms. The van der Waals surface area contributed by atoms with E-state index in [1.54, 1.807) is 0 Å². The third-order valence-electron chi connectivity index (χ3n) is 7.33. The summed E-state index contributed by atoms with van der Waals surface area (Å²) in [5.74, 6) is 1.79. The van der Waals surface area contributed by atoms with Crippen LogP contribution in [-0.2, 0) is 17.4 Å². The molecule has 4 rings (SSSR count). The van der Waals surface area contributed by atoms with E-state index in [0.29, 0.717) is 0 Å². The van der Waals surface area contributed by atoms with Gasteiger partial charge in [0.2, 0.25) is 0 Å². The van der Waals surface area contributed by atoms with Gasteiger partial charge in [0, 0.05) is 0 Å². The van der Waals surface area contributed by atoms with Crippen LogP contribution in [0.15, 0.2) is 47.6 Å². The van der Waals surface area contributed by atoms with Crippen LogP contribution >= 0.6 is 0 Å². The summed E-state index contributed by atoms with van der Waals surface area (Å²) in [6, 6.07) is 0. The van der Waals surface area contributed by atoms with Crippen LogP contribution < -0.4 is 0 Å². The number of allylic oxidation sites excluding steroid dienone is 8. The summed E-state index contributed by atoms with van der Waals surface area (Å²) in [6.45, 7) is 2.53. The van der Waals surface area contributed by atoms with Crippen molar-refractivity contribution in [1.82, 2.24) is 0 Å². The zero-order valence-corrected chi connectivity index (χ0v) is 18.1. The molecule has 4 atom stereocenters. The zero-order valence-electron chi connectivity index (χ0n) is 14.2. The van der Waals surface area contributed by atoms with Crippen LogP contribution in [0.25, 0.3) is 0 Å². The minimum atomic E-state index is -2.76. The average molecular weight is 390 g/mol. The van der Waals surface area contributed by atoms with Crippen molar-refractivity contribution in [2.45, 2.75) is 55.0 Å². The van der Waals surface area contributed by atoms with Gasteiger partial charge < -0.3 is 0 Å². The number of hydrogen-bond donors (Lipinski definition) is 0. The van der Waals surface area contributed by atoms with Crippen molar-refractivity contribution in [1.29, 1.82) is 0 Å². The summed E-state index contributed by atoms with van der Waals surface area (Å²) in [6.07, 6.45) is 23.0. The quantitative estimate of drug-likeness (QED) is 0.548. The molecule has 2 fully saturated rings. The van der Waals surface area contributed by atoms with Gasteiger partial charge in [-0.3, -0.25) is 0 Å². The van der Waals surface area contributed by atoms with Gasteiger partial charge in [0.25, 0.3) is 0 Å². The van der Waals surface area contributed by atoms with Gasteiger partial charge in [-0.05, 0) is 0 Å². The van der Waals surface area contributed by atoms with E-state index in [1.807, 2.05) is 11.1 Å². The Morgan fingerprint density at radius 2 is 1.27 bits per heavy atom. The van der Waals surface area contributed by atoms with Gasteiger partial charge in [0.15, 0.2) is 0 Å². The van der Waals surface area contributed by atoms with E-state index >= 15 is 0 Å². The van der Waals surface area contributed by atoms with E-state index < -0.39 is 17.4 Å². The van der Waals surface area contributed by atoms with Crippen LogP contribution in [0.5, 0.6) is 0 Å². The molecule has 22 heavy (non-hydrogen) atoms. The molecule has 0 amide bonds. The topological polar surface area (TPSA) is 0 Å². The molecule has 4 unspecified atom stereocenters. The van der Waals surface area contributed by atoms with Crippen LogP contribution in [0, 0.1) is 11.8 Å². The monoisotopic (exact) mass is 388 g/mol. The molecule has 4 aliphatic rings. The van der Waals surface area contributed by atoms with Gasteiger partial charge in [0.05, 0.1) is 0 Å². The Hall–Kier alpha value is 0.0600. The first kappa shape index (κ1) is 15.6. The maximum absolute atomic E-state index is 2.80. The summed E-state index contributed by atoms with van der Waals surface area (Å²) in [5.41, 5.74) is 3.73. The molecule has 0 aromatic carbocycles. The maximum atomic E-state index is 2.80. The Morgan fingerprint density at radius 3 is 1.73 bits per heavy atom. The summed E-state index contributed by atoms with van der Waals surface area (Å²) >= 11 is -2.76. The van der Waals surface area contributed by atoms with E-state index in [1.165, 1.54) is 38.5 Å². The molecule has 2 saturated carbocycles. The van der Waals surface area contributed by atoms with Crippen LogP contribution in [0.4, 0.5) is 0 Å². The van der Waals surface area contributed by atoms with E-state index in [-0.39, 0.29) is 0 Å². The van der Waals surface area contributed by atoms with Gasteiger partial charge >= 0.3 is 139 Å². The second-order valence-corrected chi connectivity index (χ2v) is 40.3. The van der Waals surface area contributed by atoms with Crippen molar-refractivity contribution in [2.24, 2.45) is 11.8 Å². The van der Waals surface area contributed by atoms with E-state index in [4.69, 9.17) is 0 Å². The van der Waals surface area contributed by atoms with Gasteiger partial charge in [-0.25, -0.2) is 0 Å². The van der Waals surface area contributed by atoms with Crippen molar-refractivity contribution in [3.8, 4) is 0 Å². The fourth-order valence-corrected chi connectivity index (χ4v) is 25.0. The van der Waals surface area contributed by atoms with Gasteiger partial charge in [-0.15, -0.1) is 0 Å². The Morgan fingerprint density at radius 1 is 0.818 bits per heavy atom. The molecule has 0 aliphatic heterocycles. The first-order chi connectivity index (χ1) is 10.5. The molecule has 0 saturated heterocycles. The molecule has 2 heteroatoms. The number of rotatable bonds is 2. The van der Waals surface area contributed by atoms with Crippen molar-refractivity contribution in [3.63, 3.8) is 0 Å². The summed E-state index contributed by atoms with van der Waals surface area (Å²) in [4.78, 5) is 0. The Labute approximate surface area is 138 Å². The Balaban J connectivity index is 1.74. The molecule has 0 N–H and O–H groups in total. The Kier molecular flexibility index (Phi) is 3.74. The second kappa shape index (κ2) is 5.28. The summed E-state index contributed by atoms with van der Waals surface area (Å²) in [7, 11) is 0.